The molecule has 0 saturated heterocycles. The Morgan fingerprint density at radius 3 is 2.28 bits per heavy atom. The van der Waals surface area contributed by atoms with Crippen molar-refractivity contribution in [3.05, 3.63) is 70.7 Å². The molecule has 0 aliphatic carbocycles. The van der Waals surface area contributed by atoms with E-state index in [4.69, 9.17) is 11.6 Å². The summed E-state index contributed by atoms with van der Waals surface area (Å²) in [6, 6.07) is 17.0. The molecule has 1 N–H and O–H groups in total. The molecular formula is C20H23ClN2O2. The van der Waals surface area contributed by atoms with E-state index in [1.165, 1.54) is 0 Å². The van der Waals surface area contributed by atoms with Crippen LogP contribution in [0.25, 0.3) is 0 Å². The number of nitrogens with zero attached hydrogens (tertiary/aromatic N) is 1. The normalized spacial score (nSPS) is 12.0. The standard InChI is InChI=1S/C20H23ClN2O2/c1-23(2)18(15-8-4-3-5-9-15)14-22-20(25)13-12-19(24)16-10-6-7-11-17(16)21/h3-11,18H,12-14H2,1-2H3,(H,22,25). The van der Waals surface area contributed by atoms with Crippen molar-refractivity contribution in [3.8, 4) is 0 Å². The molecule has 2 aromatic carbocycles. The zero-order valence-corrected chi connectivity index (χ0v) is 15.3. The number of benzene rings is 2. The van der Waals surface area contributed by atoms with Gasteiger partial charge in [-0.25, -0.2) is 0 Å². The third-order valence-electron chi connectivity index (χ3n) is 4.05. The van der Waals surface area contributed by atoms with Crippen LogP contribution < -0.4 is 5.32 Å². The minimum atomic E-state index is -0.136. The second-order valence-corrected chi connectivity index (χ2v) is 6.50. The van der Waals surface area contributed by atoms with Crippen molar-refractivity contribution in [2.75, 3.05) is 20.6 Å². The Hall–Kier alpha value is -2.17. The van der Waals surface area contributed by atoms with Crippen molar-refractivity contribution in [3.63, 3.8) is 0 Å². The molecule has 1 unspecified atom stereocenters. The van der Waals surface area contributed by atoms with Crippen LogP contribution in [0.2, 0.25) is 5.02 Å². The Morgan fingerprint density at radius 1 is 1.00 bits per heavy atom. The first-order valence-electron chi connectivity index (χ1n) is 8.25. The summed E-state index contributed by atoms with van der Waals surface area (Å²) in [5, 5.41) is 3.34. The first-order chi connectivity index (χ1) is 12.0. The summed E-state index contributed by atoms with van der Waals surface area (Å²) in [5.74, 6) is -0.254. The fraction of sp³-hybridized carbons (Fsp3) is 0.300. The van der Waals surface area contributed by atoms with Gasteiger partial charge in [-0.15, -0.1) is 0 Å². The number of rotatable bonds is 8. The van der Waals surface area contributed by atoms with Gasteiger partial charge in [0, 0.05) is 24.9 Å². The lowest BCUT2D eigenvalue weighted by Crippen LogP contribution is -2.34. The van der Waals surface area contributed by atoms with Gasteiger partial charge < -0.3 is 10.2 Å². The van der Waals surface area contributed by atoms with Crippen LogP contribution in [0.1, 0.15) is 34.8 Å². The Labute approximate surface area is 153 Å². The van der Waals surface area contributed by atoms with E-state index in [0.29, 0.717) is 17.1 Å². The van der Waals surface area contributed by atoms with Crippen molar-refractivity contribution in [2.24, 2.45) is 0 Å². The Kier molecular flexibility index (Phi) is 7.16. The first-order valence-corrected chi connectivity index (χ1v) is 8.62. The summed E-state index contributed by atoms with van der Waals surface area (Å²) in [5.41, 5.74) is 1.60. The van der Waals surface area contributed by atoms with Gasteiger partial charge in [0.25, 0.3) is 0 Å². The molecule has 0 fully saturated rings. The van der Waals surface area contributed by atoms with E-state index in [1.807, 2.05) is 44.4 Å². The number of nitrogens with one attached hydrogen (secondary N) is 1. The van der Waals surface area contributed by atoms with E-state index in [-0.39, 0.29) is 30.6 Å². The maximum absolute atomic E-state index is 12.2. The lowest BCUT2D eigenvalue weighted by Gasteiger charge is -2.25. The molecule has 0 spiro atoms. The van der Waals surface area contributed by atoms with Crippen molar-refractivity contribution in [1.29, 1.82) is 0 Å². The van der Waals surface area contributed by atoms with Crippen molar-refractivity contribution in [2.45, 2.75) is 18.9 Å². The van der Waals surface area contributed by atoms with Gasteiger partial charge in [-0.2, -0.15) is 0 Å². The number of hydrogen-bond donors (Lipinski definition) is 1. The van der Waals surface area contributed by atoms with Gasteiger partial charge in [0.05, 0.1) is 11.1 Å². The van der Waals surface area contributed by atoms with E-state index in [2.05, 4.69) is 10.2 Å². The molecular weight excluding hydrogens is 336 g/mol. The predicted octanol–water partition coefficient (Wildman–Crippen LogP) is 3.72. The number of Topliss-reactive ketones (excluding diaryl/α,β-unsaturated/α-hetero) is 1. The summed E-state index contributed by atoms with van der Waals surface area (Å²) < 4.78 is 0. The van der Waals surface area contributed by atoms with Crippen molar-refractivity contribution < 1.29 is 9.59 Å². The highest BCUT2D eigenvalue weighted by molar-refractivity contribution is 6.34. The molecule has 0 saturated carbocycles. The predicted molar refractivity (Wildman–Crippen MR) is 101 cm³/mol. The average molecular weight is 359 g/mol. The lowest BCUT2D eigenvalue weighted by molar-refractivity contribution is -0.121. The maximum atomic E-state index is 12.2. The molecule has 25 heavy (non-hydrogen) atoms. The zero-order chi connectivity index (χ0) is 18.2. The monoisotopic (exact) mass is 358 g/mol. The van der Waals surface area contributed by atoms with Crippen LogP contribution in [0, 0.1) is 0 Å². The van der Waals surface area contributed by atoms with Crippen LogP contribution >= 0.6 is 11.6 Å². The number of carbonyl (C=O) groups is 2. The SMILES string of the molecule is CN(C)C(CNC(=O)CCC(=O)c1ccccc1Cl)c1ccccc1. The van der Waals surface area contributed by atoms with E-state index < -0.39 is 0 Å². The molecule has 0 aliphatic rings. The Morgan fingerprint density at radius 2 is 1.64 bits per heavy atom. The van der Waals surface area contributed by atoms with E-state index in [0.717, 1.165) is 5.56 Å². The van der Waals surface area contributed by atoms with Crippen LogP contribution in [0.15, 0.2) is 54.6 Å². The maximum Gasteiger partial charge on any atom is 0.220 e. The number of carbonyl (C=O) groups excluding carboxylic acids is 2. The second-order valence-electron chi connectivity index (χ2n) is 6.10. The first kappa shape index (κ1) is 19.2. The van der Waals surface area contributed by atoms with Crippen LogP contribution in [-0.2, 0) is 4.79 Å². The molecule has 2 aromatic rings. The van der Waals surface area contributed by atoms with Crippen LogP contribution in [0.3, 0.4) is 0 Å². The fourth-order valence-electron chi connectivity index (χ4n) is 2.62. The van der Waals surface area contributed by atoms with Gasteiger partial charge in [0.2, 0.25) is 5.91 Å². The smallest absolute Gasteiger partial charge is 0.220 e. The molecule has 0 aromatic heterocycles. The number of hydrogen-bond acceptors (Lipinski definition) is 3. The largest absolute Gasteiger partial charge is 0.354 e. The zero-order valence-electron chi connectivity index (χ0n) is 14.5. The summed E-state index contributed by atoms with van der Waals surface area (Å²) in [6.07, 6.45) is 0.298. The Bertz CT molecular complexity index is 717. The number of ketones is 1. The quantitative estimate of drug-likeness (QED) is 0.731. The minimum absolute atomic E-state index is 0.0874. The molecule has 132 valence electrons. The lowest BCUT2D eigenvalue weighted by atomic mass is 10.1. The molecule has 1 amide bonds. The van der Waals surface area contributed by atoms with Gasteiger partial charge >= 0.3 is 0 Å². The van der Waals surface area contributed by atoms with Crippen molar-refractivity contribution >= 4 is 23.3 Å². The van der Waals surface area contributed by atoms with E-state index in [1.54, 1.807) is 24.3 Å². The summed E-state index contributed by atoms with van der Waals surface area (Å²) in [7, 11) is 3.95. The van der Waals surface area contributed by atoms with Gasteiger partial charge in [0.15, 0.2) is 5.78 Å². The number of amides is 1. The fourth-order valence-corrected chi connectivity index (χ4v) is 2.86. The molecule has 0 aliphatic heterocycles. The third-order valence-corrected chi connectivity index (χ3v) is 4.38. The van der Waals surface area contributed by atoms with Gasteiger partial charge in [0.1, 0.15) is 0 Å². The number of likely N-dealkylation sites (N-methyl/N-ethyl adjacent to an activating group) is 1. The van der Waals surface area contributed by atoms with E-state index >= 15 is 0 Å². The van der Waals surface area contributed by atoms with Crippen LogP contribution in [0.5, 0.6) is 0 Å². The molecule has 4 nitrogen and oxygen atoms in total. The highest BCUT2D eigenvalue weighted by Crippen LogP contribution is 2.18. The van der Waals surface area contributed by atoms with Gasteiger partial charge in [-0.05, 0) is 31.8 Å². The highest BCUT2D eigenvalue weighted by atomic mass is 35.5. The molecule has 1 atom stereocenters. The van der Waals surface area contributed by atoms with E-state index in [9.17, 15) is 9.59 Å². The summed E-state index contributed by atoms with van der Waals surface area (Å²) in [4.78, 5) is 26.3. The molecule has 5 heteroatoms. The summed E-state index contributed by atoms with van der Waals surface area (Å²) in [6.45, 7) is 0.496. The van der Waals surface area contributed by atoms with Gasteiger partial charge in [-0.1, -0.05) is 54.1 Å². The molecule has 2 rings (SSSR count). The number of halogens is 1. The average Bonchev–Trinajstić information content (AvgIpc) is 2.61. The molecule has 0 radical (unpaired) electrons. The Balaban J connectivity index is 1.85. The highest BCUT2D eigenvalue weighted by Gasteiger charge is 2.16. The summed E-state index contributed by atoms with van der Waals surface area (Å²) >= 11 is 6.01. The van der Waals surface area contributed by atoms with Crippen molar-refractivity contribution in [1.82, 2.24) is 10.2 Å². The molecule has 0 bridgehead atoms. The minimum Gasteiger partial charge on any atom is -0.354 e. The third kappa shape index (κ3) is 5.69. The van der Waals surface area contributed by atoms with Crippen LogP contribution in [-0.4, -0.2) is 37.2 Å². The topological polar surface area (TPSA) is 49.4 Å². The second kappa shape index (κ2) is 9.35. The molecule has 0 heterocycles. The van der Waals surface area contributed by atoms with Crippen LogP contribution in [0.4, 0.5) is 0 Å². The van der Waals surface area contributed by atoms with Gasteiger partial charge in [-0.3, -0.25) is 9.59 Å².